The molecule has 1 N–H and O–H groups in total. The second-order valence-corrected chi connectivity index (χ2v) is 5.16. The van der Waals surface area contributed by atoms with Crippen molar-refractivity contribution in [3.8, 4) is 0 Å². The van der Waals surface area contributed by atoms with Crippen molar-refractivity contribution in [2.45, 2.75) is 18.6 Å². The van der Waals surface area contributed by atoms with E-state index in [9.17, 15) is 9.90 Å². The summed E-state index contributed by atoms with van der Waals surface area (Å²) in [5.41, 5.74) is 0.0692. The Kier molecular flexibility index (Phi) is 4.80. The molecule has 1 heterocycles. The summed E-state index contributed by atoms with van der Waals surface area (Å²) in [6, 6.07) is 9.67. The molecule has 104 valence electrons. The molecule has 1 unspecified atom stereocenters. The van der Waals surface area contributed by atoms with E-state index >= 15 is 0 Å². The molecule has 1 fully saturated rings. The third-order valence-corrected chi connectivity index (χ3v) is 3.48. The van der Waals surface area contributed by atoms with Gasteiger partial charge in [-0.05, 0) is 5.56 Å². The number of alkyl halides is 1. The first-order valence-corrected chi connectivity index (χ1v) is 6.84. The molecule has 4 nitrogen and oxygen atoms in total. The lowest BCUT2D eigenvalue weighted by molar-refractivity contribution is -0.133. The molecule has 2 rings (SSSR count). The molecule has 1 atom stereocenters. The lowest BCUT2D eigenvalue weighted by Crippen LogP contribution is -2.46. The van der Waals surface area contributed by atoms with Crippen LogP contribution in [0.15, 0.2) is 30.3 Å². The van der Waals surface area contributed by atoms with Gasteiger partial charge in [0.1, 0.15) is 11.5 Å². The Morgan fingerprint density at radius 1 is 1.42 bits per heavy atom. The summed E-state index contributed by atoms with van der Waals surface area (Å²) in [7, 11) is 0. The van der Waals surface area contributed by atoms with Crippen LogP contribution in [-0.2, 0) is 16.1 Å². The molecule has 1 saturated heterocycles. The van der Waals surface area contributed by atoms with E-state index in [0.29, 0.717) is 19.6 Å². The molecular weight excluding hydrogens is 266 g/mol. The van der Waals surface area contributed by atoms with E-state index in [1.54, 1.807) is 4.90 Å². The third kappa shape index (κ3) is 3.93. The number of benzene rings is 1. The topological polar surface area (TPSA) is 49.8 Å². The smallest absolute Gasteiger partial charge is 0.237 e. The highest BCUT2D eigenvalue weighted by Gasteiger charge is 2.35. The van der Waals surface area contributed by atoms with Crippen molar-refractivity contribution in [2.24, 2.45) is 0 Å². The number of aliphatic hydroxyl groups is 1. The second-order valence-electron chi connectivity index (χ2n) is 4.90. The molecule has 1 aromatic carbocycles. The first-order valence-electron chi connectivity index (χ1n) is 6.31. The third-order valence-electron chi connectivity index (χ3n) is 3.25. The summed E-state index contributed by atoms with van der Waals surface area (Å²) in [6.45, 7) is 1.51. The quantitative estimate of drug-likeness (QED) is 0.831. The normalized spacial score (nSPS) is 22.4. The molecule has 0 saturated carbocycles. The Labute approximate surface area is 117 Å². The summed E-state index contributed by atoms with van der Waals surface area (Å²) in [5, 5.41) is 10.3. The minimum atomic E-state index is -0.948. The Morgan fingerprint density at radius 3 is 2.74 bits per heavy atom. The van der Waals surface area contributed by atoms with E-state index in [-0.39, 0.29) is 24.9 Å². The fourth-order valence-electron chi connectivity index (χ4n) is 2.20. The Bertz CT molecular complexity index is 418. The fourth-order valence-corrected chi connectivity index (χ4v) is 2.37. The van der Waals surface area contributed by atoms with Gasteiger partial charge < -0.3 is 14.7 Å². The second kappa shape index (κ2) is 6.37. The number of hydrogen-bond donors (Lipinski definition) is 1. The highest BCUT2D eigenvalue weighted by molar-refractivity contribution is 6.27. The van der Waals surface area contributed by atoms with Gasteiger partial charge in [0.2, 0.25) is 5.91 Å². The van der Waals surface area contributed by atoms with Crippen LogP contribution in [0.3, 0.4) is 0 Å². The average Bonchev–Trinajstić information content (AvgIpc) is 2.85. The minimum Gasteiger partial charge on any atom is -0.386 e. The standard InChI is InChI=1S/C14H18ClNO3/c15-8-13(17)16(9-12-4-2-1-3-5-12)10-14(18)6-7-19-11-14/h1-5,18H,6-11H2. The van der Waals surface area contributed by atoms with E-state index in [0.717, 1.165) is 5.56 Å². The van der Waals surface area contributed by atoms with Gasteiger partial charge >= 0.3 is 0 Å². The molecule has 19 heavy (non-hydrogen) atoms. The molecule has 5 heteroatoms. The van der Waals surface area contributed by atoms with Crippen molar-refractivity contribution in [1.82, 2.24) is 4.90 Å². The Balaban J connectivity index is 2.06. The van der Waals surface area contributed by atoms with Gasteiger partial charge in [-0.25, -0.2) is 0 Å². The van der Waals surface area contributed by atoms with E-state index < -0.39 is 5.60 Å². The van der Waals surface area contributed by atoms with E-state index in [1.165, 1.54) is 0 Å². The lowest BCUT2D eigenvalue weighted by Gasteiger charge is -2.30. The highest BCUT2D eigenvalue weighted by Crippen LogP contribution is 2.21. The van der Waals surface area contributed by atoms with Gasteiger partial charge in [0, 0.05) is 19.6 Å². The minimum absolute atomic E-state index is 0.0796. The van der Waals surface area contributed by atoms with E-state index in [2.05, 4.69) is 0 Å². The molecule has 1 aliphatic rings. The van der Waals surface area contributed by atoms with Crippen molar-refractivity contribution >= 4 is 17.5 Å². The van der Waals surface area contributed by atoms with Crippen LogP contribution < -0.4 is 0 Å². The maximum Gasteiger partial charge on any atom is 0.237 e. The van der Waals surface area contributed by atoms with Crippen LogP contribution in [0.2, 0.25) is 0 Å². The van der Waals surface area contributed by atoms with E-state index in [4.69, 9.17) is 16.3 Å². The van der Waals surface area contributed by atoms with Crippen LogP contribution in [-0.4, -0.2) is 47.2 Å². The number of nitrogens with zero attached hydrogens (tertiary/aromatic N) is 1. The molecule has 0 aliphatic carbocycles. The zero-order valence-corrected chi connectivity index (χ0v) is 11.5. The number of rotatable bonds is 5. The van der Waals surface area contributed by atoms with Crippen LogP contribution in [0.4, 0.5) is 0 Å². The summed E-state index contributed by atoms with van der Waals surface area (Å²) >= 11 is 5.64. The predicted molar refractivity (Wildman–Crippen MR) is 73.0 cm³/mol. The molecule has 0 spiro atoms. The summed E-state index contributed by atoms with van der Waals surface area (Å²) < 4.78 is 5.20. The Morgan fingerprint density at radius 2 is 2.16 bits per heavy atom. The van der Waals surface area contributed by atoms with Gasteiger partial charge in [-0.1, -0.05) is 30.3 Å². The van der Waals surface area contributed by atoms with Gasteiger partial charge in [0.15, 0.2) is 0 Å². The molecule has 0 aromatic heterocycles. The first kappa shape index (κ1) is 14.3. The maximum absolute atomic E-state index is 11.9. The maximum atomic E-state index is 11.9. The van der Waals surface area contributed by atoms with Crippen LogP contribution in [0.25, 0.3) is 0 Å². The zero-order valence-electron chi connectivity index (χ0n) is 10.7. The highest BCUT2D eigenvalue weighted by atomic mass is 35.5. The molecule has 1 aromatic rings. The van der Waals surface area contributed by atoms with Crippen LogP contribution in [0.5, 0.6) is 0 Å². The predicted octanol–water partition coefficient (Wildman–Crippen LogP) is 1.41. The summed E-state index contributed by atoms with van der Waals surface area (Å²) in [6.07, 6.45) is 0.549. The fraction of sp³-hybridized carbons (Fsp3) is 0.500. The number of hydrogen-bond acceptors (Lipinski definition) is 3. The van der Waals surface area contributed by atoms with Gasteiger partial charge in [-0.15, -0.1) is 11.6 Å². The Hall–Kier alpha value is -1.10. The number of carbonyl (C=O) groups excluding carboxylic acids is 1. The number of carbonyl (C=O) groups is 1. The van der Waals surface area contributed by atoms with Crippen molar-refractivity contribution in [1.29, 1.82) is 0 Å². The van der Waals surface area contributed by atoms with Crippen molar-refractivity contribution in [3.63, 3.8) is 0 Å². The van der Waals surface area contributed by atoms with Crippen molar-refractivity contribution in [2.75, 3.05) is 25.6 Å². The van der Waals surface area contributed by atoms with Crippen LogP contribution >= 0.6 is 11.6 Å². The van der Waals surface area contributed by atoms with Gasteiger partial charge in [-0.2, -0.15) is 0 Å². The molecule has 0 bridgehead atoms. The zero-order chi connectivity index (χ0) is 13.7. The monoisotopic (exact) mass is 283 g/mol. The molecular formula is C14H18ClNO3. The van der Waals surface area contributed by atoms with Gasteiger partial charge in [-0.3, -0.25) is 4.79 Å². The van der Waals surface area contributed by atoms with Crippen molar-refractivity contribution in [3.05, 3.63) is 35.9 Å². The van der Waals surface area contributed by atoms with Crippen LogP contribution in [0.1, 0.15) is 12.0 Å². The summed E-state index contributed by atoms with van der Waals surface area (Å²) in [4.78, 5) is 13.5. The summed E-state index contributed by atoms with van der Waals surface area (Å²) in [5.74, 6) is -0.255. The van der Waals surface area contributed by atoms with Gasteiger partial charge in [0.05, 0.1) is 13.2 Å². The SMILES string of the molecule is O=C(CCl)N(Cc1ccccc1)CC1(O)CCOC1. The number of halogens is 1. The average molecular weight is 284 g/mol. The number of ether oxygens (including phenoxy) is 1. The first-order chi connectivity index (χ1) is 9.13. The lowest BCUT2D eigenvalue weighted by atomic mass is 10.0. The van der Waals surface area contributed by atoms with E-state index in [1.807, 2.05) is 30.3 Å². The van der Waals surface area contributed by atoms with Crippen molar-refractivity contribution < 1.29 is 14.6 Å². The molecule has 1 aliphatic heterocycles. The number of amides is 1. The van der Waals surface area contributed by atoms with Gasteiger partial charge in [0.25, 0.3) is 0 Å². The molecule has 0 radical (unpaired) electrons. The van der Waals surface area contributed by atoms with Crippen LogP contribution in [0, 0.1) is 0 Å². The molecule has 1 amide bonds. The largest absolute Gasteiger partial charge is 0.386 e.